The molecular formula is C13H10ClN3S. The van der Waals surface area contributed by atoms with Crippen LogP contribution in [0.1, 0.15) is 24.1 Å². The second-order valence-corrected chi connectivity index (χ2v) is 5.96. The van der Waals surface area contributed by atoms with Crippen molar-refractivity contribution in [2.24, 2.45) is 0 Å². The van der Waals surface area contributed by atoms with Crippen LogP contribution in [0.2, 0.25) is 5.15 Å². The number of fused-ring (bicyclic) bond motifs is 4. The van der Waals surface area contributed by atoms with Gasteiger partial charge in [-0.1, -0.05) is 11.6 Å². The molecule has 0 atom stereocenters. The van der Waals surface area contributed by atoms with E-state index in [1.54, 1.807) is 11.3 Å². The van der Waals surface area contributed by atoms with Crippen molar-refractivity contribution in [2.45, 2.75) is 25.7 Å². The number of halogens is 1. The quantitative estimate of drug-likeness (QED) is 0.586. The Morgan fingerprint density at radius 3 is 3.00 bits per heavy atom. The lowest BCUT2D eigenvalue weighted by molar-refractivity contribution is 0.672. The number of nitrogens with zero attached hydrogens (tertiary/aromatic N) is 3. The molecule has 4 rings (SSSR count). The third-order valence-electron chi connectivity index (χ3n) is 3.48. The molecule has 0 fully saturated rings. The smallest absolute Gasteiger partial charge is 0.150 e. The van der Waals surface area contributed by atoms with Crippen molar-refractivity contribution in [3.05, 3.63) is 28.8 Å². The van der Waals surface area contributed by atoms with Crippen molar-refractivity contribution in [2.75, 3.05) is 0 Å². The van der Waals surface area contributed by atoms with E-state index in [1.807, 2.05) is 0 Å². The molecule has 3 heterocycles. The maximum atomic E-state index is 6.12. The lowest BCUT2D eigenvalue weighted by Gasteiger charge is -2.13. The molecule has 0 aromatic carbocycles. The molecule has 0 spiro atoms. The van der Waals surface area contributed by atoms with Crippen LogP contribution in [0.25, 0.3) is 20.4 Å². The number of hydrogen-bond acceptors (Lipinski definition) is 4. The first-order chi connectivity index (χ1) is 8.83. The molecule has 0 radical (unpaired) electrons. The maximum absolute atomic E-state index is 6.12. The van der Waals surface area contributed by atoms with E-state index in [0.717, 1.165) is 33.3 Å². The van der Waals surface area contributed by atoms with Crippen LogP contribution in [-0.2, 0) is 12.8 Å². The molecule has 3 aromatic rings. The molecule has 3 aromatic heterocycles. The summed E-state index contributed by atoms with van der Waals surface area (Å²) in [5, 5.41) is 1.65. The molecule has 90 valence electrons. The number of thiophene rings is 1. The van der Waals surface area contributed by atoms with Crippen molar-refractivity contribution < 1.29 is 0 Å². The minimum atomic E-state index is 0.529. The van der Waals surface area contributed by atoms with E-state index in [2.05, 4.69) is 16.0 Å². The Kier molecular flexibility index (Phi) is 2.29. The van der Waals surface area contributed by atoms with Crippen LogP contribution in [-0.4, -0.2) is 15.0 Å². The van der Waals surface area contributed by atoms with Crippen LogP contribution in [0.5, 0.6) is 0 Å². The Morgan fingerprint density at radius 2 is 2.06 bits per heavy atom. The lowest BCUT2D eigenvalue weighted by Crippen LogP contribution is -2.04. The standard InChI is InChI=1S/C13H10ClN3S/c14-12-11-10(15-6-16-12)8-5-7-3-1-2-4-9(7)17-13(8)18-11/h5-6H,1-4H2. The molecule has 0 bridgehead atoms. The Labute approximate surface area is 113 Å². The first-order valence-electron chi connectivity index (χ1n) is 6.04. The summed E-state index contributed by atoms with van der Waals surface area (Å²) in [5.74, 6) is 0. The van der Waals surface area contributed by atoms with Gasteiger partial charge in [0.05, 0.1) is 10.2 Å². The summed E-state index contributed by atoms with van der Waals surface area (Å²) >= 11 is 7.71. The Morgan fingerprint density at radius 1 is 1.17 bits per heavy atom. The first-order valence-corrected chi connectivity index (χ1v) is 7.24. The fraction of sp³-hybridized carbons (Fsp3) is 0.308. The fourth-order valence-electron chi connectivity index (χ4n) is 2.59. The molecule has 0 amide bonds. The van der Waals surface area contributed by atoms with Gasteiger partial charge in [0.1, 0.15) is 16.3 Å². The summed E-state index contributed by atoms with van der Waals surface area (Å²) in [6.07, 6.45) is 6.26. The molecule has 0 saturated carbocycles. The van der Waals surface area contributed by atoms with Gasteiger partial charge >= 0.3 is 0 Å². The Hall–Kier alpha value is -1.26. The average molecular weight is 276 g/mol. The molecule has 0 unspecified atom stereocenters. The monoisotopic (exact) mass is 275 g/mol. The van der Waals surface area contributed by atoms with E-state index in [9.17, 15) is 0 Å². The predicted octanol–water partition coefficient (Wildman–Crippen LogP) is 3.77. The van der Waals surface area contributed by atoms with Crippen molar-refractivity contribution >= 4 is 43.4 Å². The van der Waals surface area contributed by atoms with E-state index in [4.69, 9.17) is 16.6 Å². The Balaban J connectivity index is 2.12. The SMILES string of the molecule is Clc1ncnc2c1sc1nc3c(cc12)CCCC3. The zero-order valence-corrected chi connectivity index (χ0v) is 11.2. The highest BCUT2D eigenvalue weighted by Gasteiger charge is 2.16. The molecule has 0 saturated heterocycles. The van der Waals surface area contributed by atoms with E-state index in [-0.39, 0.29) is 0 Å². The minimum Gasteiger partial charge on any atom is -0.242 e. The van der Waals surface area contributed by atoms with Crippen molar-refractivity contribution in [1.29, 1.82) is 0 Å². The molecule has 1 aliphatic rings. The lowest BCUT2D eigenvalue weighted by atomic mass is 9.95. The number of pyridine rings is 1. The van der Waals surface area contributed by atoms with Gasteiger partial charge in [0.15, 0.2) is 0 Å². The fourth-order valence-corrected chi connectivity index (χ4v) is 3.85. The molecule has 0 aliphatic heterocycles. The minimum absolute atomic E-state index is 0.529. The van der Waals surface area contributed by atoms with Crippen LogP contribution in [0.3, 0.4) is 0 Å². The van der Waals surface area contributed by atoms with Gasteiger partial charge in [0.2, 0.25) is 0 Å². The highest BCUT2D eigenvalue weighted by Crippen LogP contribution is 2.36. The number of rotatable bonds is 0. The summed E-state index contributed by atoms with van der Waals surface area (Å²) < 4.78 is 0.948. The van der Waals surface area contributed by atoms with Crippen LogP contribution in [0.4, 0.5) is 0 Å². The summed E-state index contributed by atoms with van der Waals surface area (Å²) in [4.78, 5) is 14.2. The van der Waals surface area contributed by atoms with Gasteiger partial charge in [0.25, 0.3) is 0 Å². The molecule has 1 aliphatic carbocycles. The second-order valence-electron chi connectivity index (χ2n) is 4.60. The van der Waals surface area contributed by atoms with Gasteiger partial charge in [-0.2, -0.15) is 0 Å². The Bertz CT molecular complexity index is 766. The highest BCUT2D eigenvalue weighted by atomic mass is 35.5. The van der Waals surface area contributed by atoms with Crippen molar-refractivity contribution in [3.63, 3.8) is 0 Å². The maximum Gasteiger partial charge on any atom is 0.150 e. The largest absolute Gasteiger partial charge is 0.242 e. The van der Waals surface area contributed by atoms with E-state index < -0.39 is 0 Å². The summed E-state index contributed by atoms with van der Waals surface area (Å²) in [6, 6.07) is 2.25. The summed E-state index contributed by atoms with van der Waals surface area (Å²) in [6.45, 7) is 0. The summed E-state index contributed by atoms with van der Waals surface area (Å²) in [5.41, 5.74) is 3.57. The number of aromatic nitrogens is 3. The van der Waals surface area contributed by atoms with Crippen LogP contribution in [0.15, 0.2) is 12.4 Å². The zero-order chi connectivity index (χ0) is 12.1. The molecule has 5 heteroatoms. The first kappa shape index (κ1) is 10.6. The van der Waals surface area contributed by atoms with Crippen LogP contribution < -0.4 is 0 Å². The molecule has 0 N–H and O–H groups in total. The predicted molar refractivity (Wildman–Crippen MR) is 74.4 cm³/mol. The van der Waals surface area contributed by atoms with Gasteiger partial charge in [-0.25, -0.2) is 15.0 Å². The van der Waals surface area contributed by atoms with Crippen LogP contribution >= 0.6 is 22.9 Å². The zero-order valence-electron chi connectivity index (χ0n) is 9.61. The number of aryl methyl sites for hydroxylation is 2. The van der Waals surface area contributed by atoms with E-state index in [0.29, 0.717) is 5.15 Å². The molecular weight excluding hydrogens is 266 g/mol. The molecule has 3 nitrogen and oxygen atoms in total. The van der Waals surface area contributed by atoms with Crippen molar-refractivity contribution in [1.82, 2.24) is 15.0 Å². The highest BCUT2D eigenvalue weighted by molar-refractivity contribution is 7.25. The summed E-state index contributed by atoms with van der Waals surface area (Å²) in [7, 11) is 0. The third kappa shape index (κ3) is 1.45. The van der Waals surface area contributed by atoms with E-state index >= 15 is 0 Å². The third-order valence-corrected chi connectivity index (χ3v) is 4.97. The van der Waals surface area contributed by atoms with Gasteiger partial charge in [0, 0.05) is 11.1 Å². The van der Waals surface area contributed by atoms with Gasteiger partial charge in [-0.15, -0.1) is 11.3 Å². The average Bonchev–Trinajstić information content (AvgIpc) is 2.76. The molecule has 18 heavy (non-hydrogen) atoms. The topological polar surface area (TPSA) is 38.7 Å². The van der Waals surface area contributed by atoms with Crippen molar-refractivity contribution in [3.8, 4) is 0 Å². The second kappa shape index (κ2) is 3.87. The van der Waals surface area contributed by atoms with Gasteiger partial charge in [-0.3, -0.25) is 0 Å². The number of hydrogen-bond donors (Lipinski definition) is 0. The van der Waals surface area contributed by atoms with Gasteiger partial charge in [-0.05, 0) is 37.3 Å². The normalized spacial score (nSPS) is 15.2. The van der Waals surface area contributed by atoms with Gasteiger partial charge < -0.3 is 0 Å². The van der Waals surface area contributed by atoms with E-state index in [1.165, 1.54) is 30.4 Å². The van der Waals surface area contributed by atoms with Crippen LogP contribution in [0, 0.1) is 0 Å².